The highest BCUT2D eigenvalue weighted by Gasteiger charge is 2.32. The second-order valence-corrected chi connectivity index (χ2v) is 5.35. The van der Waals surface area contributed by atoms with Crippen molar-refractivity contribution < 1.29 is 0 Å². The molecule has 2 heterocycles. The van der Waals surface area contributed by atoms with E-state index in [4.69, 9.17) is 0 Å². The van der Waals surface area contributed by atoms with E-state index in [0.717, 1.165) is 6.04 Å². The van der Waals surface area contributed by atoms with Crippen molar-refractivity contribution in [2.45, 2.75) is 37.8 Å². The number of hydrogen-bond donors (Lipinski definition) is 1. The van der Waals surface area contributed by atoms with Crippen LogP contribution in [0.2, 0.25) is 0 Å². The molecule has 2 aliphatic heterocycles. The van der Waals surface area contributed by atoms with Gasteiger partial charge in [0.25, 0.3) is 0 Å². The fraction of sp³-hybridized carbons (Fsp3) is 0.600. The lowest BCUT2D eigenvalue weighted by molar-refractivity contribution is 0.231. The summed E-state index contributed by atoms with van der Waals surface area (Å²) in [5.74, 6) is 0. The van der Waals surface area contributed by atoms with Gasteiger partial charge >= 0.3 is 0 Å². The van der Waals surface area contributed by atoms with E-state index in [1.807, 2.05) is 0 Å². The molecule has 0 amide bonds. The number of rotatable bonds is 2. The van der Waals surface area contributed by atoms with Gasteiger partial charge in [-0.25, -0.2) is 0 Å². The molecule has 17 heavy (non-hydrogen) atoms. The van der Waals surface area contributed by atoms with Crippen LogP contribution in [0.15, 0.2) is 30.3 Å². The van der Waals surface area contributed by atoms with E-state index in [1.54, 1.807) is 0 Å². The van der Waals surface area contributed by atoms with Gasteiger partial charge < -0.3 is 5.32 Å². The lowest BCUT2D eigenvalue weighted by Gasteiger charge is -2.29. The summed E-state index contributed by atoms with van der Waals surface area (Å²) in [4.78, 5) is 2.70. The Morgan fingerprint density at radius 1 is 1.12 bits per heavy atom. The third-order valence-electron chi connectivity index (χ3n) is 4.21. The molecule has 0 saturated carbocycles. The predicted octanol–water partition coefficient (Wildman–Crippen LogP) is 2.06. The minimum Gasteiger partial charge on any atom is -0.312 e. The number of fused-ring (bicyclic) bond motifs is 1. The lowest BCUT2D eigenvalue weighted by Crippen LogP contribution is -2.45. The maximum atomic E-state index is 3.76. The van der Waals surface area contributed by atoms with Crippen LogP contribution in [0.25, 0.3) is 0 Å². The molecule has 2 saturated heterocycles. The van der Waals surface area contributed by atoms with Crippen molar-refractivity contribution >= 4 is 0 Å². The van der Waals surface area contributed by atoms with Crippen LogP contribution in [0.5, 0.6) is 0 Å². The summed E-state index contributed by atoms with van der Waals surface area (Å²) in [6, 6.07) is 12.3. The van der Waals surface area contributed by atoms with Crippen molar-refractivity contribution in [2.24, 2.45) is 0 Å². The fourth-order valence-corrected chi connectivity index (χ4v) is 3.37. The van der Waals surface area contributed by atoms with Gasteiger partial charge in [0.2, 0.25) is 0 Å². The first kappa shape index (κ1) is 11.2. The van der Waals surface area contributed by atoms with E-state index in [9.17, 15) is 0 Å². The molecule has 1 aromatic rings. The van der Waals surface area contributed by atoms with Gasteiger partial charge in [-0.2, -0.15) is 0 Å². The van der Waals surface area contributed by atoms with E-state index < -0.39 is 0 Å². The molecular formula is C15H22N2. The van der Waals surface area contributed by atoms with Crippen molar-refractivity contribution in [3.05, 3.63) is 35.9 Å². The largest absolute Gasteiger partial charge is 0.312 e. The minimum atomic E-state index is 0.655. The Hall–Kier alpha value is -0.860. The highest BCUT2D eigenvalue weighted by atomic mass is 15.2. The Morgan fingerprint density at radius 3 is 2.82 bits per heavy atom. The summed E-state index contributed by atoms with van der Waals surface area (Å²) < 4.78 is 0. The standard InChI is InChI=1S/C15H22N2/c1-2-6-13(7-3-1)12-14-15-8-4-10-17(15)11-5-9-16-14/h1-3,6-7,14-16H,4-5,8-12H2. The first-order valence-electron chi connectivity index (χ1n) is 6.95. The maximum absolute atomic E-state index is 3.76. The second kappa shape index (κ2) is 5.19. The van der Waals surface area contributed by atoms with E-state index in [1.165, 1.54) is 50.9 Å². The molecule has 2 fully saturated rings. The SMILES string of the molecule is c1ccc(CC2NCCCN3CCCC23)cc1. The minimum absolute atomic E-state index is 0.655. The molecule has 1 aromatic carbocycles. The van der Waals surface area contributed by atoms with Gasteiger partial charge in [-0.05, 0) is 50.9 Å². The molecular weight excluding hydrogens is 208 g/mol. The zero-order chi connectivity index (χ0) is 11.5. The summed E-state index contributed by atoms with van der Waals surface area (Å²) in [5.41, 5.74) is 1.47. The van der Waals surface area contributed by atoms with Crippen molar-refractivity contribution in [3.63, 3.8) is 0 Å². The summed E-state index contributed by atoms with van der Waals surface area (Å²) in [7, 11) is 0. The van der Waals surface area contributed by atoms with Crippen molar-refractivity contribution in [3.8, 4) is 0 Å². The smallest absolute Gasteiger partial charge is 0.0263 e. The third-order valence-corrected chi connectivity index (χ3v) is 4.21. The lowest BCUT2D eigenvalue weighted by atomic mass is 9.98. The summed E-state index contributed by atoms with van der Waals surface area (Å²) in [6.45, 7) is 3.80. The number of nitrogens with one attached hydrogen (secondary N) is 1. The van der Waals surface area contributed by atoms with Gasteiger partial charge in [0.1, 0.15) is 0 Å². The molecule has 0 aliphatic carbocycles. The van der Waals surface area contributed by atoms with Gasteiger partial charge in [-0.1, -0.05) is 30.3 Å². The number of nitrogens with zero attached hydrogens (tertiary/aromatic N) is 1. The highest BCUT2D eigenvalue weighted by Crippen LogP contribution is 2.24. The van der Waals surface area contributed by atoms with E-state index >= 15 is 0 Å². The second-order valence-electron chi connectivity index (χ2n) is 5.35. The normalized spacial score (nSPS) is 29.9. The molecule has 1 N–H and O–H groups in total. The van der Waals surface area contributed by atoms with Gasteiger partial charge in [0.15, 0.2) is 0 Å². The molecule has 2 aliphatic rings. The third kappa shape index (κ3) is 2.53. The van der Waals surface area contributed by atoms with Crippen LogP contribution in [-0.4, -0.2) is 36.6 Å². The monoisotopic (exact) mass is 230 g/mol. The quantitative estimate of drug-likeness (QED) is 0.836. The van der Waals surface area contributed by atoms with Crippen LogP contribution >= 0.6 is 0 Å². The van der Waals surface area contributed by atoms with Crippen LogP contribution in [-0.2, 0) is 6.42 Å². The Morgan fingerprint density at radius 2 is 1.94 bits per heavy atom. The van der Waals surface area contributed by atoms with Gasteiger partial charge in [0, 0.05) is 12.1 Å². The van der Waals surface area contributed by atoms with Crippen molar-refractivity contribution in [1.82, 2.24) is 10.2 Å². The molecule has 0 bridgehead atoms. The van der Waals surface area contributed by atoms with Crippen molar-refractivity contribution in [2.75, 3.05) is 19.6 Å². The molecule has 0 aromatic heterocycles. The molecule has 2 heteroatoms. The fourth-order valence-electron chi connectivity index (χ4n) is 3.37. The molecule has 3 rings (SSSR count). The molecule has 0 radical (unpaired) electrons. The Labute approximate surface area is 104 Å². The van der Waals surface area contributed by atoms with Gasteiger partial charge in [-0.15, -0.1) is 0 Å². The van der Waals surface area contributed by atoms with Crippen LogP contribution in [0.3, 0.4) is 0 Å². The predicted molar refractivity (Wildman–Crippen MR) is 71.1 cm³/mol. The zero-order valence-corrected chi connectivity index (χ0v) is 10.4. The van der Waals surface area contributed by atoms with Crippen LogP contribution in [0, 0.1) is 0 Å². The highest BCUT2D eigenvalue weighted by molar-refractivity contribution is 5.17. The van der Waals surface area contributed by atoms with Crippen molar-refractivity contribution in [1.29, 1.82) is 0 Å². The molecule has 92 valence electrons. The Balaban J connectivity index is 1.72. The number of benzene rings is 1. The first-order valence-corrected chi connectivity index (χ1v) is 6.95. The number of hydrogen-bond acceptors (Lipinski definition) is 2. The molecule has 2 unspecified atom stereocenters. The average Bonchev–Trinajstić information content (AvgIpc) is 2.75. The van der Waals surface area contributed by atoms with E-state index in [2.05, 4.69) is 40.5 Å². The van der Waals surface area contributed by atoms with E-state index in [0.29, 0.717) is 6.04 Å². The van der Waals surface area contributed by atoms with E-state index in [-0.39, 0.29) is 0 Å². The molecule has 0 spiro atoms. The maximum Gasteiger partial charge on any atom is 0.0263 e. The van der Waals surface area contributed by atoms with Crippen LogP contribution in [0.4, 0.5) is 0 Å². The molecule has 2 nitrogen and oxygen atoms in total. The Bertz CT molecular complexity index is 349. The first-order chi connectivity index (χ1) is 8.43. The summed E-state index contributed by atoms with van der Waals surface area (Å²) in [6.07, 6.45) is 5.26. The van der Waals surface area contributed by atoms with Crippen LogP contribution in [0.1, 0.15) is 24.8 Å². The zero-order valence-electron chi connectivity index (χ0n) is 10.4. The topological polar surface area (TPSA) is 15.3 Å². The summed E-state index contributed by atoms with van der Waals surface area (Å²) in [5, 5.41) is 3.76. The average molecular weight is 230 g/mol. The summed E-state index contributed by atoms with van der Waals surface area (Å²) >= 11 is 0. The van der Waals surface area contributed by atoms with Gasteiger partial charge in [-0.3, -0.25) is 4.90 Å². The Kier molecular flexibility index (Phi) is 3.44. The van der Waals surface area contributed by atoms with Gasteiger partial charge in [0.05, 0.1) is 0 Å². The van der Waals surface area contributed by atoms with Crippen LogP contribution < -0.4 is 5.32 Å². The molecule has 2 atom stereocenters.